The first-order chi connectivity index (χ1) is 7.08. The molecule has 0 aliphatic carbocycles. The molecule has 4 heteroatoms. The molecule has 1 aliphatic rings. The lowest BCUT2D eigenvalue weighted by atomic mass is 9.81. The van der Waals surface area contributed by atoms with E-state index in [4.69, 9.17) is 0 Å². The first-order valence-electron chi connectivity index (χ1n) is 5.63. The van der Waals surface area contributed by atoms with E-state index in [0.717, 1.165) is 41.8 Å². The largest absolute Gasteiger partial charge is 0.346 e. The molecule has 0 N–H and O–H groups in total. The zero-order chi connectivity index (χ0) is 11.0. The van der Waals surface area contributed by atoms with Crippen LogP contribution < -0.4 is 4.90 Å². The molecule has 0 aromatic carbocycles. The van der Waals surface area contributed by atoms with Crippen LogP contribution in [0.5, 0.6) is 0 Å². The number of rotatable bonds is 1. The molecule has 0 radical (unpaired) electrons. The molecule has 0 spiro atoms. The summed E-state index contributed by atoms with van der Waals surface area (Å²) in [7, 11) is 0. The fourth-order valence-electron chi connectivity index (χ4n) is 2.23. The van der Waals surface area contributed by atoms with Crippen molar-refractivity contribution in [1.29, 1.82) is 0 Å². The minimum absolute atomic E-state index is 0.748. The standard InChI is InChI=1S/C11H19N3S/c1-7-5-14(6-8(2)9(7)3)11-12-10(4)13-15-11/h7-9H,5-6H2,1-4H3/t7-,8-/m0/s1. The highest BCUT2D eigenvalue weighted by Crippen LogP contribution is 2.31. The highest BCUT2D eigenvalue weighted by Gasteiger charge is 2.29. The number of piperidine rings is 1. The number of aryl methyl sites for hydroxylation is 1. The number of hydrogen-bond donors (Lipinski definition) is 0. The lowest BCUT2D eigenvalue weighted by Gasteiger charge is -2.39. The predicted molar refractivity (Wildman–Crippen MR) is 64.4 cm³/mol. The third-order valence-corrected chi connectivity index (χ3v) is 4.47. The molecule has 1 fully saturated rings. The molecule has 2 atom stereocenters. The van der Waals surface area contributed by atoms with Crippen LogP contribution >= 0.6 is 11.5 Å². The minimum Gasteiger partial charge on any atom is -0.346 e. The Hall–Kier alpha value is -0.640. The van der Waals surface area contributed by atoms with Gasteiger partial charge in [0.2, 0.25) is 5.13 Å². The van der Waals surface area contributed by atoms with Crippen LogP contribution in [0.4, 0.5) is 5.13 Å². The van der Waals surface area contributed by atoms with Crippen molar-refractivity contribution in [3.05, 3.63) is 5.82 Å². The van der Waals surface area contributed by atoms with Gasteiger partial charge in [-0.05, 0) is 24.7 Å². The molecular weight excluding hydrogens is 206 g/mol. The number of hydrogen-bond acceptors (Lipinski definition) is 4. The van der Waals surface area contributed by atoms with Crippen LogP contribution in [0.3, 0.4) is 0 Å². The van der Waals surface area contributed by atoms with Crippen LogP contribution in [0.25, 0.3) is 0 Å². The second kappa shape index (κ2) is 4.08. The Balaban J connectivity index is 2.12. The van der Waals surface area contributed by atoms with Crippen molar-refractivity contribution in [2.75, 3.05) is 18.0 Å². The van der Waals surface area contributed by atoms with Crippen molar-refractivity contribution in [2.45, 2.75) is 27.7 Å². The zero-order valence-electron chi connectivity index (χ0n) is 9.90. The molecule has 0 saturated carbocycles. The monoisotopic (exact) mass is 225 g/mol. The quantitative estimate of drug-likeness (QED) is 0.735. The van der Waals surface area contributed by atoms with Gasteiger partial charge in [0.1, 0.15) is 5.82 Å². The molecule has 0 amide bonds. The van der Waals surface area contributed by atoms with E-state index >= 15 is 0 Å². The molecule has 0 bridgehead atoms. The van der Waals surface area contributed by atoms with Gasteiger partial charge in [0.05, 0.1) is 0 Å². The summed E-state index contributed by atoms with van der Waals surface area (Å²) in [5, 5.41) is 1.10. The maximum Gasteiger partial charge on any atom is 0.205 e. The van der Waals surface area contributed by atoms with Gasteiger partial charge < -0.3 is 4.90 Å². The van der Waals surface area contributed by atoms with Crippen LogP contribution in [0.1, 0.15) is 26.6 Å². The molecule has 2 heterocycles. The van der Waals surface area contributed by atoms with Crippen molar-refractivity contribution < 1.29 is 0 Å². The maximum absolute atomic E-state index is 4.46. The second-order valence-electron chi connectivity index (χ2n) is 4.84. The lowest BCUT2D eigenvalue weighted by Crippen LogP contribution is -2.43. The van der Waals surface area contributed by atoms with Crippen LogP contribution in [0, 0.1) is 24.7 Å². The molecule has 15 heavy (non-hydrogen) atoms. The van der Waals surface area contributed by atoms with Gasteiger partial charge in [0.25, 0.3) is 0 Å². The Kier molecular flexibility index (Phi) is 2.96. The lowest BCUT2D eigenvalue weighted by molar-refractivity contribution is 0.240. The van der Waals surface area contributed by atoms with Crippen LogP contribution in [-0.2, 0) is 0 Å². The first-order valence-corrected chi connectivity index (χ1v) is 6.40. The van der Waals surface area contributed by atoms with Gasteiger partial charge in [-0.25, -0.2) is 4.98 Å². The summed E-state index contributed by atoms with van der Waals surface area (Å²) in [6.45, 7) is 11.2. The number of anilines is 1. The van der Waals surface area contributed by atoms with E-state index in [1.807, 2.05) is 6.92 Å². The van der Waals surface area contributed by atoms with E-state index in [9.17, 15) is 0 Å². The zero-order valence-corrected chi connectivity index (χ0v) is 10.7. The Bertz CT molecular complexity index is 324. The van der Waals surface area contributed by atoms with Crippen LogP contribution in [0.15, 0.2) is 0 Å². The summed E-state index contributed by atoms with van der Waals surface area (Å²) >= 11 is 1.53. The molecule has 0 unspecified atom stereocenters. The summed E-state index contributed by atoms with van der Waals surface area (Å²) < 4.78 is 4.25. The normalized spacial score (nSPS) is 28.4. The summed E-state index contributed by atoms with van der Waals surface area (Å²) in [5.74, 6) is 3.21. The Morgan fingerprint density at radius 3 is 2.27 bits per heavy atom. The molecule has 1 aliphatic heterocycles. The Morgan fingerprint density at radius 1 is 1.20 bits per heavy atom. The number of aromatic nitrogens is 2. The van der Waals surface area contributed by atoms with E-state index < -0.39 is 0 Å². The summed E-state index contributed by atoms with van der Waals surface area (Å²) in [6, 6.07) is 0. The fourth-order valence-corrected chi connectivity index (χ4v) is 2.93. The third-order valence-electron chi connectivity index (χ3n) is 3.60. The van der Waals surface area contributed by atoms with Gasteiger partial charge in [0.15, 0.2) is 0 Å². The van der Waals surface area contributed by atoms with Crippen molar-refractivity contribution in [1.82, 2.24) is 9.36 Å². The predicted octanol–water partition coefficient (Wildman–Crippen LogP) is 2.57. The third kappa shape index (κ3) is 2.14. The molecular formula is C11H19N3S. The van der Waals surface area contributed by atoms with Crippen molar-refractivity contribution in [2.24, 2.45) is 17.8 Å². The average molecular weight is 225 g/mol. The van der Waals surface area contributed by atoms with Gasteiger partial charge in [-0.2, -0.15) is 4.37 Å². The number of nitrogens with zero attached hydrogens (tertiary/aromatic N) is 3. The minimum atomic E-state index is 0.748. The molecule has 1 aromatic heterocycles. The van der Waals surface area contributed by atoms with E-state index in [0.29, 0.717) is 0 Å². The van der Waals surface area contributed by atoms with Crippen molar-refractivity contribution >= 4 is 16.7 Å². The second-order valence-corrected chi connectivity index (χ2v) is 5.57. The van der Waals surface area contributed by atoms with E-state index in [-0.39, 0.29) is 0 Å². The highest BCUT2D eigenvalue weighted by molar-refractivity contribution is 7.09. The van der Waals surface area contributed by atoms with Gasteiger partial charge in [0, 0.05) is 24.6 Å². The van der Waals surface area contributed by atoms with Crippen LogP contribution in [-0.4, -0.2) is 22.4 Å². The van der Waals surface area contributed by atoms with Crippen molar-refractivity contribution in [3.8, 4) is 0 Å². The van der Waals surface area contributed by atoms with Crippen molar-refractivity contribution in [3.63, 3.8) is 0 Å². The summed E-state index contributed by atoms with van der Waals surface area (Å²) in [5.41, 5.74) is 0. The fraction of sp³-hybridized carbons (Fsp3) is 0.818. The van der Waals surface area contributed by atoms with Gasteiger partial charge in [-0.3, -0.25) is 0 Å². The maximum atomic E-state index is 4.46. The Morgan fingerprint density at radius 2 is 1.80 bits per heavy atom. The molecule has 1 aromatic rings. The first kappa shape index (κ1) is 10.9. The van der Waals surface area contributed by atoms with E-state index in [1.165, 1.54) is 11.5 Å². The van der Waals surface area contributed by atoms with E-state index in [1.54, 1.807) is 0 Å². The average Bonchev–Trinajstić information content (AvgIpc) is 2.60. The van der Waals surface area contributed by atoms with Gasteiger partial charge in [-0.15, -0.1) is 0 Å². The SMILES string of the molecule is Cc1nsc(N2C[C@H](C)C(C)[C@@H](C)C2)n1. The van der Waals surface area contributed by atoms with Gasteiger partial charge in [-0.1, -0.05) is 20.8 Å². The molecule has 2 rings (SSSR count). The molecule has 1 saturated heterocycles. The highest BCUT2D eigenvalue weighted by atomic mass is 32.1. The molecule has 84 valence electrons. The van der Waals surface area contributed by atoms with Crippen LogP contribution in [0.2, 0.25) is 0 Å². The summed E-state index contributed by atoms with van der Waals surface area (Å²) in [6.07, 6.45) is 0. The molecule has 3 nitrogen and oxygen atoms in total. The summed E-state index contributed by atoms with van der Waals surface area (Å²) in [4.78, 5) is 6.85. The van der Waals surface area contributed by atoms with Gasteiger partial charge >= 0.3 is 0 Å². The Labute approximate surface area is 95.7 Å². The smallest absolute Gasteiger partial charge is 0.205 e. The van der Waals surface area contributed by atoms with E-state index in [2.05, 4.69) is 35.0 Å². The topological polar surface area (TPSA) is 29.0 Å².